The molecular formula is C25H32ClN7O. The molecule has 0 aliphatic carbocycles. The van der Waals surface area contributed by atoms with Crippen molar-refractivity contribution in [2.45, 2.75) is 19.8 Å². The molecule has 1 saturated heterocycles. The number of aromatic nitrogens is 2. The number of piperazine rings is 1. The minimum Gasteiger partial charge on any atom is -0.396 e. The molecule has 9 heteroatoms. The topological polar surface area (TPSA) is 106 Å². The summed E-state index contributed by atoms with van der Waals surface area (Å²) >= 11 is 0. The summed E-state index contributed by atoms with van der Waals surface area (Å²) in [5.74, 6) is 0.660. The van der Waals surface area contributed by atoms with Crippen LogP contribution in [0.3, 0.4) is 0 Å². The second-order valence-corrected chi connectivity index (χ2v) is 8.12. The van der Waals surface area contributed by atoms with Crippen LogP contribution < -0.4 is 21.3 Å². The van der Waals surface area contributed by atoms with Crippen molar-refractivity contribution in [1.82, 2.24) is 9.97 Å². The van der Waals surface area contributed by atoms with E-state index in [1.807, 2.05) is 13.0 Å². The van der Waals surface area contributed by atoms with Crippen LogP contribution in [-0.2, 0) is 11.3 Å². The van der Waals surface area contributed by atoms with Crippen LogP contribution in [0.4, 0.5) is 23.1 Å². The van der Waals surface area contributed by atoms with Crippen molar-refractivity contribution < 1.29 is 4.84 Å². The first-order chi connectivity index (χ1) is 16.1. The highest BCUT2D eigenvalue weighted by atomic mass is 35.5. The molecule has 1 fully saturated rings. The molecule has 3 aromatic rings. The van der Waals surface area contributed by atoms with Crippen LogP contribution in [0.25, 0.3) is 0 Å². The van der Waals surface area contributed by atoms with Crippen molar-refractivity contribution in [2.24, 2.45) is 5.16 Å². The SMILES string of the molecule is Cc1nc(N)nc(N)c1N1CCN(c2ccc(/C=N/OCCCc3ccccc3)cc2)CC1.Cl. The van der Waals surface area contributed by atoms with E-state index in [0.29, 0.717) is 12.4 Å². The summed E-state index contributed by atoms with van der Waals surface area (Å²) < 4.78 is 0. The van der Waals surface area contributed by atoms with Crippen molar-refractivity contribution in [3.05, 3.63) is 71.4 Å². The lowest BCUT2D eigenvalue weighted by molar-refractivity contribution is 0.143. The van der Waals surface area contributed by atoms with Gasteiger partial charge in [-0.25, -0.2) is 4.98 Å². The molecule has 4 N–H and O–H groups in total. The highest BCUT2D eigenvalue weighted by Crippen LogP contribution is 2.27. The van der Waals surface area contributed by atoms with Crippen molar-refractivity contribution in [2.75, 3.05) is 54.1 Å². The predicted molar refractivity (Wildman–Crippen MR) is 142 cm³/mol. The van der Waals surface area contributed by atoms with Crippen LogP contribution in [0.2, 0.25) is 0 Å². The Kier molecular flexibility index (Phi) is 8.93. The van der Waals surface area contributed by atoms with E-state index in [1.165, 1.54) is 11.3 Å². The molecule has 180 valence electrons. The number of nitrogens with two attached hydrogens (primary N) is 2. The average molecular weight is 482 g/mol. The van der Waals surface area contributed by atoms with Gasteiger partial charge in [-0.05, 0) is 43.0 Å². The predicted octanol–water partition coefficient (Wildman–Crippen LogP) is 3.68. The fraction of sp³-hybridized carbons (Fsp3) is 0.320. The van der Waals surface area contributed by atoms with Gasteiger partial charge in [-0.1, -0.05) is 47.6 Å². The Balaban J connectivity index is 0.00000324. The molecule has 0 radical (unpaired) electrons. The zero-order valence-electron chi connectivity index (χ0n) is 19.4. The number of hydrogen-bond acceptors (Lipinski definition) is 8. The number of nitrogens with zero attached hydrogens (tertiary/aromatic N) is 5. The van der Waals surface area contributed by atoms with E-state index < -0.39 is 0 Å². The molecule has 4 rings (SSSR count). The standard InChI is InChI=1S/C25H31N7O.ClH/c1-19-23(24(26)30-25(27)29-19)32-15-13-31(14-16-32)22-11-9-21(10-12-22)18-28-33-17-5-8-20-6-3-2-4-7-20;/h2-4,6-7,9-12,18H,5,8,13-17H2,1H3,(H4,26,27,29,30);1H/b28-18+;. The largest absolute Gasteiger partial charge is 0.396 e. The summed E-state index contributed by atoms with van der Waals surface area (Å²) in [6.45, 7) is 6.00. The van der Waals surface area contributed by atoms with E-state index in [0.717, 1.165) is 56.0 Å². The van der Waals surface area contributed by atoms with Gasteiger partial charge < -0.3 is 26.1 Å². The molecule has 2 heterocycles. The highest BCUT2D eigenvalue weighted by Gasteiger charge is 2.22. The first-order valence-corrected chi connectivity index (χ1v) is 11.3. The molecule has 1 aliphatic rings. The summed E-state index contributed by atoms with van der Waals surface area (Å²) in [4.78, 5) is 18.4. The number of aryl methyl sites for hydroxylation is 2. The van der Waals surface area contributed by atoms with Gasteiger partial charge >= 0.3 is 0 Å². The molecule has 8 nitrogen and oxygen atoms in total. The summed E-state index contributed by atoms with van der Waals surface area (Å²) in [5, 5.41) is 4.10. The van der Waals surface area contributed by atoms with Crippen molar-refractivity contribution in [3.63, 3.8) is 0 Å². The van der Waals surface area contributed by atoms with Gasteiger partial charge in [-0.2, -0.15) is 4.98 Å². The van der Waals surface area contributed by atoms with Gasteiger partial charge in [0.05, 0.1) is 11.9 Å². The van der Waals surface area contributed by atoms with Crippen LogP contribution >= 0.6 is 12.4 Å². The first-order valence-electron chi connectivity index (χ1n) is 11.3. The molecule has 0 saturated carbocycles. The van der Waals surface area contributed by atoms with Gasteiger partial charge in [0.2, 0.25) is 5.95 Å². The lowest BCUT2D eigenvalue weighted by Gasteiger charge is -2.38. The molecular weight excluding hydrogens is 450 g/mol. The normalized spacial score (nSPS) is 13.7. The Labute approximate surface area is 207 Å². The minimum atomic E-state index is 0. The molecule has 0 spiro atoms. The Morgan fingerprint density at radius 1 is 0.941 bits per heavy atom. The second kappa shape index (κ2) is 12.1. The highest BCUT2D eigenvalue weighted by molar-refractivity contribution is 5.85. The maximum Gasteiger partial charge on any atom is 0.222 e. The number of anilines is 4. The fourth-order valence-corrected chi connectivity index (χ4v) is 4.10. The summed E-state index contributed by atoms with van der Waals surface area (Å²) in [5.41, 5.74) is 17.0. The third-order valence-electron chi connectivity index (χ3n) is 5.78. The van der Waals surface area contributed by atoms with E-state index in [2.05, 4.69) is 73.5 Å². The van der Waals surface area contributed by atoms with Gasteiger partial charge in [0.1, 0.15) is 12.3 Å². The maximum atomic E-state index is 6.10. The van der Waals surface area contributed by atoms with Crippen molar-refractivity contribution in [3.8, 4) is 0 Å². The lowest BCUT2D eigenvalue weighted by atomic mass is 10.1. The van der Waals surface area contributed by atoms with E-state index in [1.54, 1.807) is 6.21 Å². The molecule has 2 aromatic carbocycles. The number of oxime groups is 1. The van der Waals surface area contributed by atoms with Crippen LogP contribution in [0, 0.1) is 6.92 Å². The van der Waals surface area contributed by atoms with Gasteiger partial charge in [0.15, 0.2) is 5.82 Å². The zero-order valence-corrected chi connectivity index (χ0v) is 20.2. The zero-order chi connectivity index (χ0) is 23.0. The summed E-state index contributed by atoms with van der Waals surface area (Å²) in [6.07, 6.45) is 3.70. The smallest absolute Gasteiger partial charge is 0.222 e. The van der Waals surface area contributed by atoms with E-state index in [9.17, 15) is 0 Å². The van der Waals surface area contributed by atoms with Crippen LogP contribution in [-0.4, -0.2) is 49.0 Å². The lowest BCUT2D eigenvalue weighted by Crippen LogP contribution is -2.47. The third kappa shape index (κ3) is 6.51. The van der Waals surface area contributed by atoms with Crippen molar-refractivity contribution in [1.29, 1.82) is 0 Å². The van der Waals surface area contributed by atoms with E-state index >= 15 is 0 Å². The van der Waals surface area contributed by atoms with Gasteiger partial charge in [-0.15, -0.1) is 12.4 Å². The van der Waals surface area contributed by atoms with Crippen LogP contribution in [0.5, 0.6) is 0 Å². The van der Waals surface area contributed by atoms with E-state index in [-0.39, 0.29) is 18.4 Å². The average Bonchev–Trinajstić information content (AvgIpc) is 2.82. The van der Waals surface area contributed by atoms with Gasteiger partial charge in [0, 0.05) is 31.9 Å². The van der Waals surface area contributed by atoms with Crippen LogP contribution in [0.1, 0.15) is 23.2 Å². The molecule has 1 aromatic heterocycles. The Morgan fingerprint density at radius 2 is 1.62 bits per heavy atom. The van der Waals surface area contributed by atoms with Crippen molar-refractivity contribution >= 4 is 41.8 Å². The molecule has 0 atom stereocenters. The van der Waals surface area contributed by atoms with Crippen LogP contribution in [0.15, 0.2) is 59.8 Å². The Bertz CT molecular complexity index is 1050. The van der Waals surface area contributed by atoms with E-state index in [4.69, 9.17) is 16.3 Å². The number of halogens is 1. The van der Waals surface area contributed by atoms with Gasteiger partial charge in [0.25, 0.3) is 0 Å². The second-order valence-electron chi connectivity index (χ2n) is 8.12. The first kappa shape index (κ1) is 25.1. The molecule has 0 bridgehead atoms. The Hall–Kier alpha value is -3.52. The molecule has 0 unspecified atom stereocenters. The minimum absolute atomic E-state index is 0. The molecule has 0 amide bonds. The number of nitrogen functional groups attached to an aromatic ring is 2. The number of rotatable bonds is 8. The summed E-state index contributed by atoms with van der Waals surface area (Å²) in [7, 11) is 0. The quantitative estimate of drug-likeness (QED) is 0.287. The summed E-state index contributed by atoms with van der Waals surface area (Å²) in [6, 6.07) is 18.8. The van der Waals surface area contributed by atoms with Gasteiger partial charge in [-0.3, -0.25) is 0 Å². The number of hydrogen-bond donors (Lipinski definition) is 2. The maximum absolute atomic E-state index is 6.10. The third-order valence-corrected chi connectivity index (χ3v) is 5.78. The number of benzene rings is 2. The Morgan fingerprint density at radius 3 is 2.29 bits per heavy atom. The molecule has 34 heavy (non-hydrogen) atoms. The molecule has 1 aliphatic heterocycles. The fourth-order valence-electron chi connectivity index (χ4n) is 4.10. The monoisotopic (exact) mass is 481 g/mol.